The second kappa shape index (κ2) is 8.91. The average Bonchev–Trinajstić information content (AvgIpc) is 2.98. The molecule has 0 unspecified atom stereocenters. The maximum Gasteiger partial charge on any atom is 0.418 e. The van der Waals surface area contributed by atoms with E-state index in [2.05, 4.69) is 20.8 Å². The molecule has 0 spiro atoms. The monoisotopic (exact) mass is 432 g/mol. The zero-order valence-corrected chi connectivity index (χ0v) is 17.0. The van der Waals surface area contributed by atoms with Gasteiger partial charge in [0.15, 0.2) is 4.34 Å². The lowest BCUT2D eigenvalue weighted by molar-refractivity contribution is -0.137. The predicted molar refractivity (Wildman–Crippen MR) is 103 cm³/mol. The summed E-state index contributed by atoms with van der Waals surface area (Å²) in [6.07, 6.45) is -4.24. The number of thioether (sulfide) groups is 1. The van der Waals surface area contributed by atoms with Crippen LogP contribution >= 0.6 is 23.1 Å². The first-order chi connectivity index (χ1) is 12.9. The number of aromatic nitrogens is 2. The minimum Gasteiger partial charge on any atom is -0.325 e. The highest BCUT2D eigenvalue weighted by molar-refractivity contribution is 8.01. The normalized spacial score (nSPS) is 11.9. The van der Waals surface area contributed by atoms with Crippen molar-refractivity contribution in [1.82, 2.24) is 10.2 Å². The maximum absolute atomic E-state index is 13.0. The van der Waals surface area contributed by atoms with E-state index in [4.69, 9.17) is 0 Å². The van der Waals surface area contributed by atoms with Crippen molar-refractivity contribution in [2.24, 2.45) is 5.41 Å². The predicted octanol–water partition coefficient (Wildman–Crippen LogP) is 4.66. The fraction of sp³-hybridized carbons (Fsp3) is 0.412. The molecule has 2 aromatic rings. The Labute approximate surface area is 168 Å². The third-order valence-electron chi connectivity index (χ3n) is 3.18. The van der Waals surface area contributed by atoms with E-state index < -0.39 is 17.6 Å². The second-order valence-electron chi connectivity index (χ2n) is 7.04. The van der Waals surface area contributed by atoms with Crippen LogP contribution in [0.15, 0.2) is 28.6 Å². The van der Waals surface area contributed by atoms with Crippen LogP contribution in [-0.4, -0.2) is 27.8 Å². The summed E-state index contributed by atoms with van der Waals surface area (Å²) >= 11 is 2.11. The van der Waals surface area contributed by atoms with Gasteiger partial charge in [0, 0.05) is 6.42 Å². The average molecular weight is 432 g/mol. The van der Waals surface area contributed by atoms with E-state index in [1.807, 2.05) is 20.8 Å². The number of rotatable bonds is 6. The van der Waals surface area contributed by atoms with Crippen molar-refractivity contribution in [2.45, 2.75) is 37.7 Å². The third-order valence-corrected chi connectivity index (χ3v) is 5.15. The Morgan fingerprint density at radius 3 is 2.39 bits per heavy atom. The minimum absolute atomic E-state index is 0.142. The Bertz CT molecular complexity index is 847. The Morgan fingerprint density at radius 2 is 1.75 bits per heavy atom. The van der Waals surface area contributed by atoms with Gasteiger partial charge in [0.25, 0.3) is 0 Å². The maximum atomic E-state index is 13.0. The molecule has 11 heteroatoms. The van der Waals surface area contributed by atoms with Crippen LogP contribution in [0, 0.1) is 5.41 Å². The standard InChI is InChI=1S/C17H19F3N4O2S2/c1-16(2,3)8-12(25)22-14-23-24-15(28-14)27-9-13(26)21-11-7-5-4-6-10(11)17(18,19)20/h4-7H,8-9H2,1-3H3,(H,21,26)(H,22,23,25). The van der Waals surface area contributed by atoms with Gasteiger partial charge >= 0.3 is 6.18 Å². The van der Waals surface area contributed by atoms with E-state index in [-0.39, 0.29) is 22.8 Å². The van der Waals surface area contributed by atoms with Gasteiger partial charge in [-0.25, -0.2) is 0 Å². The fourth-order valence-corrected chi connectivity index (χ4v) is 3.68. The first-order valence-corrected chi connectivity index (χ1v) is 9.96. The highest BCUT2D eigenvalue weighted by Crippen LogP contribution is 2.34. The number of benzene rings is 1. The molecule has 0 aliphatic rings. The molecule has 0 aliphatic heterocycles. The first kappa shape index (κ1) is 22.2. The quantitative estimate of drug-likeness (QED) is 0.512. The van der Waals surface area contributed by atoms with E-state index in [0.29, 0.717) is 15.9 Å². The van der Waals surface area contributed by atoms with Gasteiger partial charge in [-0.15, -0.1) is 10.2 Å². The molecule has 0 saturated carbocycles. The number of nitrogens with one attached hydrogen (secondary N) is 2. The van der Waals surface area contributed by atoms with Crippen molar-refractivity contribution >= 4 is 45.7 Å². The molecule has 0 bridgehead atoms. The zero-order chi connectivity index (χ0) is 20.9. The molecule has 0 aliphatic carbocycles. The second-order valence-corrected chi connectivity index (χ2v) is 9.24. The molecular weight excluding hydrogens is 413 g/mol. The number of anilines is 2. The van der Waals surface area contributed by atoms with Crippen LogP contribution in [0.25, 0.3) is 0 Å². The molecule has 1 aromatic heterocycles. The van der Waals surface area contributed by atoms with Crippen molar-refractivity contribution in [1.29, 1.82) is 0 Å². The van der Waals surface area contributed by atoms with Gasteiger partial charge in [0.2, 0.25) is 16.9 Å². The van der Waals surface area contributed by atoms with Crippen LogP contribution in [-0.2, 0) is 15.8 Å². The van der Waals surface area contributed by atoms with Gasteiger partial charge in [-0.2, -0.15) is 13.2 Å². The van der Waals surface area contributed by atoms with Crippen LogP contribution in [0.5, 0.6) is 0 Å². The minimum atomic E-state index is -4.56. The summed E-state index contributed by atoms with van der Waals surface area (Å²) in [6, 6.07) is 4.76. The smallest absolute Gasteiger partial charge is 0.325 e. The van der Waals surface area contributed by atoms with Crippen molar-refractivity contribution in [3.8, 4) is 0 Å². The topological polar surface area (TPSA) is 84.0 Å². The number of nitrogens with zero attached hydrogens (tertiary/aromatic N) is 2. The number of halogens is 3. The Kier molecular flexibility index (Phi) is 7.05. The van der Waals surface area contributed by atoms with Gasteiger partial charge < -0.3 is 10.6 Å². The molecule has 2 rings (SSSR count). The number of carbonyl (C=O) groups is 2. The van der Waals surface area contributed by atoms with E-state index in [9.17, 15) is 22.8 Å². The van der Waals surface area contributed by atoms with Crippen molar-refractivity contribution in [2.75, 3.05) is 16.4 Å². The molecule has 1 heterocycles. The fourth-order valence-electron chi connectivity index (χ4n) is 2.12. The molecule has 0 fully saturated rings. The van der Waals surface area contributed by atoms with Gasteiger partial charge in [-0.3, -0.25) is 9.59 Å². The molecule has 0 radical (unpaired) electrons. The summed E-state index contributed by atoms with van der Waals surface area (Å²) in [7, 11) is 0. The SMILES string of the molecule is CC(C)(C)CC(=O)Nc1nnc(SCC(=O)Nc2ccccc2C(F)(F)F)s1. The summed E-state index contributed by atoms with van der Waals surface area (Å²) in [5.41, 5.74) is -1.38. The summed E-state index contributed by atoms with van der Waals surface area (Å²) in [4.78, 5) is 23.9. The summed E-state index contributed by atoms with van der Waals surface area (Å²) in [5, 5.41) is 12.9. The van der Waals surface area contributed by atoms with Crippen LogP contribution in [0.1, 0.15) is 32.8 Å². The molecule has 6 nitrogen and oxygen atoms in total. The highest BCUT2D eigenvalue weighted by atomic mass is 32.2. The first-order valence-electron chi connectivity index (χ1n) is 8.16. The van der Waals surface area contributed by atoms with E-state index in [0.717, 1.165) is 29.2 Å². The Balaban J connectivity index is 1.89. The number of hydrogen-bond acceptors (Lipinski definition) is 6. The summed E-state index contributed by atoms with van der Waals surface area (Å²) in [5.74, 6) is -0.937. The van der Waals surface area contributed by atoms with Crippen LogP contribution in [0.2, 0.25) is 0 Å². The number of alkyl halides is 3. The molecular formula is C17H19F3N4O2S2. The van der Waals surface area contributed by atoms with E-state index in [1.165, 1.54) is 18.2 Å². The number of para-hydroxylation sites is 1. The number of amides is 2. The largest absolute Gasteiger partial charge is 0.418 e. The Hall–Kier alpha value is -2.14. The molecule has 2 amide bonds. The van der Waals surface area contributed by atoms with Crippen molar-refractivity contribution in [3.05, 3.63) is 29.8 Å². The summed E-state index contributed by atoms with van der Waals surface area (Å²) < 4.78 is 39.3. The molecule has 28 heavy (non-hydrogen) atoms. The Morgan fingerprint density at radius 1 is 1.07 bits per heavy atom. The van der Waals surface area contributed by atoms with E-state index >= 15 is 0 Å². The molecule has 2 N–H and O–H groups in total. The molecule has 0 saturated heterocycles. The lowest BCUT2D eigenvalue weighted by atomic mass is 9.92. The van der Waals surface area contributed by atoms with Crippen molar-refractivity contribution in [3.63, 3.8) is 0 Å². The third kappa shape index (κ3) is 7.12. The summed E-state index contributed by atoms with van der Waals surface area (Å²) in [6.45, 7) is 5.80. The lowest BCUT2D eigenvalue weighted by Crippen LogP contribution is -2.19. The van der Waals surface area contributed by atoms with Gasteiger partial charge in [0.05, 0.1) is 17.0 Å². The molecule has 1 aromatic carbocycles. The van der Waals surface area contributed by atoms with Gasteiger partial charge in [0.1, 0.15) is 0 Å². The van der Waals surface area contributed by atoms with Crippen LogP contribution in [0.3, 0.4) is 0 Å². The zero-order valence-electron chi connectivity index (χ0n) is 15.4. The van der Waals surface area contributed by atoms with Crippen molar-refractivity contribution < 1.29 is 22.8 Å². The lowest BCUT2D eigenvalue weighted by Gasteiger charge is -2.16. The van der Waals surface area contributed by atoms with Gasteiger partial charge in [-0.1, -0.05) is 56.0 Å². The highest BCUT2D eigenvalue weighted by Gasteiger charge is 2.33. The number of hydrogen-bond donors (Lipinski definition) is 2. The van der Waals surface area contributed by atoms with Gasteiger partial charge in [-0.05, 0) is 17.5 Å². The molecule has 152 valence electrons. The number of carbonyl (C=O) groups excluding carboxylic acids is 2. The van der Waals surface area contributed by atoms with Crippen LogP contribution < -0.4 is 10.6 Å². The van der Waals surface area contributed by atoms with Crippen LogP contribution in [0.4, 0.5) is 24.0 Å². The van der Waals surface area contributed by atoms with E-state index in [1.54, 1.807) is 0 Å². The molecule has 0 atom stereocenters.